The molecule has 2 rings (SSSR count). The number of rotatable bonds is 6. The number of carbonyl (C=O) groups is 1. The smallest absolute Gasteiger partial charge is 0.264 e. The molecule has 1 amide bonds. The second-order valence-corrected chi connectivity index (χ2v) is 8.37. The summed E-state index contributed by atoms with van der Waals surface area (Å²) in [6.45, 7) is 0. The molecule has 124 valence electrons. The first-order chi connectivity index (χ1) is 11.4. The Balaban J connectivity index is 1.86. The molecule has 0 heterocycles. The highest BCUT2D eigenvalue weighted by atomic mass is 79.9. The lowest BCUT2D eigenvalue weighted by Gasteiger charge is -2.07. The van der Waals surface area contributed by atoms with E-state index < -0.39 is 15.9 Å². The number of hydrogen-bond donors (Lipinski definition) is 1. The quantitative estimate of drug-likeness (QED) is 0.769. The fourth-order valence-corrected chi connectivity index (χ4v) is 3.92. The van der Waals surface area contributed by atoms with E-state index in [1.807, 2.05) is 18.2 Å². The third kappa shape index (κ3) is 5.37. The summed E-state index contributed by atoms with van der Waals surface area (Å²) in [5, 5.41) is 8.73. The van der Waals surface area contributed by atoms with Crippen molar-refractivity contribution in [3.05, 3.63) is 64.1 Å². The maximum Gasteiger partial charge on any atom is 0.264 e. The number of nitrogens with one attached hydrogen (secondary N) is 1. The Labute approximate surface area is 153 Å². The molecule has 2 aromatic carbocycles. The molecule has 8 heteroatoms. The van der Waals surface area contributed by atoms with Gasteiger partial charge in [0.1, 0.15) is 0 Å². The molecule has 0 radical (unpaired) electrons. The number of carbonyl (C=O) groups excluding carboxylic acids is 1. The topological polar surface area (TPSA) is 87.0 Å². The number of amides is 1. The average Bonchev–Trinajstić information content (AvgIpc) is 2.55. The van der Waals surface area contributed by atoms with Crippen molar-refractivity contribution < 1.29 is 13.2 Å². The van der Waals surface area contributed by atoms with Crippen LogP contribution in [0.5, 0.6) is 0 Å². The van der Waals surface area contributed by atoms with Crippen molar-refractivity contribution in [1.82, 2.24) is 4.72 Å². The molecule has 0 unspecified atom stereocenters. The van der Waals surface area contributed by atoms with E-state index in [1.165, 1.54) is 23.9 Å². The van der Waals surface area contributed by atoms with E-state index in [4.69, 9.17) is 5.26 Å². The second kappa shape index (κ2) is 8.33. The van der Waals surface area contributed by atoms with E-state index in [-0.39, 0.29) is 10.6 Å². The summed E-state index contributed by atoms with van der Waals surface area (Å²) >= 11 is 4.52. The predicted molar refractivity (Wildman–Crippen MR) is 96.8 cm³/mol. The van der Waals surface area contributed by atoms with Crippen LogP contribution in [0.1, 0.15) is 11.1 Å². The zero-order valence-corrected chi connectivity index (χ0v) is 15.6. The molecule has 0 aliphatic carbocycles. The van der Waals surface area contributed by atoms with E-state index in [0.29, 0.717) is 11.3 Å². The van der Waals surface area contributed by atoms with Crippen LogP contribution in [0, 0.1) is 11.3 Å². The third-order valence-corrected chi connectivity index (χ3v) is 5.88. The Morgan fingerprint density at radius 3 is 2.33 bits per heavy atom. The van der Waals surface area contributed by atoms with E-state index in [2.05, 4.69) is 20.7 Å². The largest absolute Gasteiger partial charge is 0.273 e. The van der Waals surface area contributed by atoms with Crippen LogP contribution in [-0.2, 0) is 20.6 Å². The van der Waals surface area contributed by atoms with Crippen LogP contribution in [0.15, 0.2) is 57.9 Å². The Bertz CT molecular complexity index is 858. The van der Waals surface area contributed by atoms with Crippen molar-refractivity contribution in [3.8, 4) is 6.07 Å². The highest BCUT2D eigenvalue weighted by molar-refractivity contribution is 9.10. The molecule has 0 aliphatic rings. The summed E-state index contributed by atoms with van der Waals surface area (Å²) in [4.78, 5) is 11.9. The molecule has 0 bridgehead atoms. The summed E-state index contributed by atoms with van der Waals surface area (Å²) in [6.07, 6.45) is 0. The molecule has 0 aliphatic heterocycles. The van der Waals surface area contributed by atoms with Crippen molar-refractivity contribution in [2.75, 3.05) is 5.75 Å². The molecule has 0 saturated heterocycles. The van der Waals surface area contributed by atoms with Gasteiger partial charge in [0, 0.05) is 10.2 Å². The van der Waals surface area contributed by atoms with Gasteiger partial charge in [0.05, 0.1) is 22.3 Å². The summed E-state index contributed by atoms with van der Waals surface area (Å²) in [5.41, 5.74) is 1.53. The molecular formula is C16H13BrN2O3S2. The van der Waals surface area contributed by atoms with Crippen LogP contribution in [0.3, 0.4) is 0 Å². The Morgan fingerprint density at radius 1 is 1.12 bits per heavy atom. The van der Waals surface area contributed by atoms with Gasteiger partial charge in [-0.25, -0.2) is 13.1 Å². The molecule has 0 aromatic heterocycles. The van der Waals surface area contributed by atoms with Crippen LogP contribution in [-0.4, -0.2) is 20.1 Å². The molecule has 0 spiro atoms. The first-order valence-corrected chi connectivity index (χ1v) is 10.2. The van der Waals surface area contributed by atoms with Crippen molar-refractivity contribution in [3.63, 3.8) is 0 Å². The SMILES string of the molecule is N#Cc1ccc(CSCC(=O)NS(=O)(=O)c2ccc(Br)cc2)cc1. The zero-order chi connectivity index (χ0) is 17.6. The number of halogens is 1. The third-order valence-electron chi connectivity index (χ3n) is 2.96. The predicted octanol–water partition coefficient (Wildman–Crippen LogP) is 3.06. The minimum absolute atomic E-state index is 0.0236. The number of nitrogens with zero attached hydrogens (tertiary/aromatic N) is 1. The van der Waals surface area contributed by atoms with Crippen molar-refractivity contribution in [1.29, 1.82) is 5.26 Å². The van der Waals surface area contributed by atoms with E-state index >= 15 is 0 Å². The maximum absolute atomic E-state index is 12.1. The van der Waals surface area contributed by atoms with Gasteiger partial charge in [-0.2, -0.15) is 5.26 Å². The number of benzene rings is 2. The van der Waals surface area contributed by atoms with Gasteiger partial charge in [-0.1, -0.05) is 28.1 Å². The molecule has 2 aromatic rings. The van der Waals surface area contributed by atoms with Gasteiger partial charge in [0.25, 0.3) is 10.0 Å². The first-order valence-electron chi connectivity index (χ1n) is 6.79. The van der Waals surface area contributed by atoms with Crippen LogP contribution in [0.4, 0.5) is 0 Å². The first kappa shape index (κ1) is 18.5. The van der Waals surface area contributed by atoms with Gasteiger partial charge in [-0.3, -0.25) is 4.79 Å². The van der Waals surface area contributed by atoms with E-state index in [9.17, 15) is 13.2 Å². The van der Waals surface area contributed by atoms with Gasteiger partial charge < -0.3 is 0 Å². The molecule has 0 saturated carbocycles. The number of sulfonamides is 1. The number of hydrogen-bond acceptors (Lipinski definition) is 5. The summed E-state index contributed by atoms with van der Waals surface area (Å²) < 4.78 is 26.9. The lowest BCUT2D eigenvalue weighted by atomic mass is 10.2. The van der Waals surface area contributed by atoms with Crippen LogP contribution in [0.2, 0.25) is 0 Å². The maximum atomic E-state index is 12.1. The van der Waals surface area contributed by atoms with Crippen molar-refractivity contribution in [2.24, 2.45) is 0 Å². The standard InChI is InChI=1S/C16H13BrN2O3S2/c17-14-5-7-15(8-6-14)24(21,22)19-16(20)11-23-10-13-3-1-12(9-18)2-4-13/h1-8H,10-11H2,(H,19,20). The summed E-state index contributed by atoms with van der Waals surface area (Å²) in [6, 6.07) is 15.1. The molecule has 0 atom stereocenters. The van der Waals surface area contributed by atoms with E-state index in [1.54, 1.807) is 24.3 Å². The van der Waals surface area contributed by atoms with Gasteiger partial charge in [0.15, 0.2) is 0 Å². The fraction of sp³-hybridized carbons (Fsp3) is 0.125. The average molecular weight is 425 g/mol. The lowest BCUT2D eigenvalue weighted by Crippen LogP contribution is -2.31. The monoisotopic (exact) mass is 424 g/mol. The van der Waals surface area contributed by atoms with E-state index in [0.717, 1.165) is 10.0 Å². The fourth-order valence-electron chi connectivity index (χ4n) is 1.79. The second-order valence-electron chi connectivity index (χ2n) is 4.78. The molecule has 5 nitrogen and oxygen atoms in total. The molecule has 1 N–H and O–H groups in total. The zero-order valence-electron chi connectivity index (χ0n) is 12.4. The molecular weight excluding hydrogens is 412 g/mol. The lowest BCUT2D eigenvalue weighted by molar-refractivity contribution is -0.116. The normalized spacial score (nSPS) is 10.8. The Kier molecular flexibility index (Phi) is 6.43. The summed E-state index contributed by atoms with van der Waals surface area (Å²) in [7, 11) is -3.85. The molecule has 0 fully saturated rings. The highest BCUT2D eigenvalue weighted by Crippen LogP contribution is 2.16. The number of nitriles is 1. The van der Waals surface area contributed by atoms with Crippen LogP contribution in [0.25, 0.3) is 0 Å². The van der Waals surface area contributed by atoms with Gasteiger partial charge in [-0.05, 0) is 42.0 Å². The van der Waals surface area contributed by atoms with Gasteiger partial charge in [0.2, 0.25) is 5.91 Å². The minimum atomic E-state index is -3.85. The van der Waals surface area contributed by atoms with Crippen molar-refractivity contribution >= 4 is 43.6 Å². The van der Waals surface area contributed by atoms with Crippen LogP contribution < -0.4 is 4.72 Å². The summed E-state index contributed by atoms with van der Waals surface area (Å²) in [5.74, 6) is 0.00398. The minimum Gasteiger partial charge on any atom is -0.273 e. The van der Waals surface area contributed by atoms with Crippen molar-refractivity contribution in [2.45, 2.75) is 10.6 Å². The van der Waals surface area contributed by atoms with Crippen LogP contribution >= 0.6 is 27.7 Å². The van der Waals surface area contributed by atoms with Gasteiger partial charge >= 0.3 is 0 Å². The van der Waals surface area contributed by atoms with Gasteiger partial charge in [-0.15, -0.1) is 11.8 Å². The molecule has 24 heavy (non-hydrogen) atoms. The Morgan fingerprint density at radius 2 is 1.75 bits per heavy atom. The number of thioether (sulfide) groups is 1. The highest BCUT2D eigenvalue weighted by Gasteiger charge is 2.17. The Hall–Kier alpha value is -1.82.